The molecule has 2 rings (SSSR count). The van der Waals surface area contributed by atoms with Gasteiger partial charge in [-0.25, -0.2) is 13.6 Å². The summed E-state index contributed by atoms with van der Waals surface area (Å²) >= 11 is 0.792. The lowest BCUT2D eigenvalue weighted by atomic mass is 9.87. The lowest BCUT2D eigenvalue weighted by Crippen LogP contribution is -2.34. The van der Waals surface area contributed by atoms with Crippen LogP contribution in [0.15, 0.2) is 24.1 Å². The van der Waals surface area contributed by atoms with Gasteiger partial charge in [0.1, 0.15) is 28.7 Å². The van der Waals surface area contributed by atoms with Crippen molar-refractivity contribution in [3.05, 3.63) is 29.6 Å². The summed E-state index contributed by atoms with van der Waals surface area (Å²) in [6.45, 7) is 2.09. The van der Waals surface area contributed by atoms with E-state index in [0.29, 0.717) is 6.54 Å². The standard InChI is InChI=1S/C18H25F2N5O3S/c1-18(20)7-4-6-12(19)11(18)10-28-15-13(14(21)26)16(29-24-15)23-17(27)22-8-5-9-25(2)3/h4,6-7,11H,5,8-10H2,1-3H3,(H2,21,26)(H2,22,23,27). The first-order chi connectivity index (χ1) is 13.6. The highest BCUT2D eigenvalue weighted by molar-refractivity contribution is 7.11. The van der Waals surface area contributed by atoms with Gasteiger partial charge in [-0.15, -0.1) is 0 Å². The third-order valence-corrected chi connectivity index (χ3v) is 5.03. The monoisotopic (exact) mass is 429 g/mol. The van der Waals surface area contributed by atoms with E-state index in [1.165, 1.54) is 19.1 Å². The number of hydrogen-bond donors (Lipinski definition) is 3. The Hall–Kier alpha value is -2.53. The Morgan fingerprint density at radius 2 is 2.17 bits per heavy atom. The molecule has 29 heavy (non-hydrogen) atoms. The molecule has 2 atom stereocenters. The summed E-state index contributed by atoms with van der Waals surface area (Å²) in [5, 5.41) is 5.26. The third-order valence-electron chi connectivity index (χ3n) is 4.28. The molecule has 1 aliphatic rings. The van der Waals surface area contributed by atoms with Crippen molar-refractivity contribution >= 4 is 28.5 Å². The van der Waals surface area contributed by atoms with Crippen LogP contribution in [0.4, 0.5) is 18.6 Å². The molecule has 0 spiro atoms. The molecule has 4 N–H and O–H groups in total. The Bertz CT molecular complexity index is 807. The molecular formula is C18H25F2N5O3S. The van der Waals surface area contributed by atoms with Crippen LogP contribution in [-0.2, 0) is 0 Å². The second-order valence-corrected chi connectivity index (χ2v) is 7.79. The zero-order chi connectivity index (χ0) is 21.6. The molecule has 0 fully saturated rings. The maximum Gasteiger partial charge on any atom is 0.319 e. The van der Waals surface area contributed by atoms with Crippen LogP contribution < -0.4 is 21.1 Å². The van der Waals surface area contributed by atoms with Gasteiger partial charge in [-0.1, -0.05) is 6.08 Å². The van der Waals surface area contributed by atoms with Crippen molar-refractivity contribution in [2.45, 2.75) is 19.0 Å². The second-order valence-electron chi connectivity index (χ2n) is 7.02. The number of primary amides is 1. The maximum absolute atomic E-state index is 14.5. The highest BCUT2D eigenvalue weighted by Gasteiger charge is 2.38. The van der Waals surface area contributed by atoms with Crippen LogP contribution in [0.2, 0.25) is 0 Å². The number of nitrogens with zero attached hydrogens (tertiary/aromatic N) is 2. The van der Waals surface area contributed by atoms with E-state index in [1.807, 2.05) is 19.0 Å². The second kappa shape index (κ2) is 9.79. The maximum atomic E-state index is 14.5. The number of aromatic nitrogens is 1. The van der Waals surface area contributed by atoms with Gasteiger partial charge in [0.25, 0.3) is 5.91 Å². The van der Waals surface area contributed by atoms with E-state index in [1.54, 1.807) is 0 Å². The van der Waals surface area contributed by atoms with Crippen molar-refractivity contribution in [1.82, 2.24) is 14.6 Å². The van der Waals surface area contributed by atoms with Crippen LogP contribution in [0.3, 0.4) is 0 Å². The molecule has 160 valence electrons. The van der Waals surface area contributed by atoms with Crippen molar-refractivity contribution in [3.8, 4) is 5.88 Å². The van der Waals surface area contributed by atoms with Gasteiger partial charge in [-0.05, 0) is 57.7 Å². The van der Waals surface area contributed by atoms with Crippen LogP contribution in [0.1, 0.15) is 23.7 Å². The molecular weight excluding hydrogens is 404 g/mol. The number of alkyl halides is 1. The number of amides is 3. The smallest absolute Gasteiger partial charge is 0.319 e. The number of carbonyl (C=O) groups excluding carboxylic acids is 2. The molecule has 0 bridgehead atoms. The molecule has 0 aromatic carbocycles. The van der Waals surface area contributed by atoms with Gasteiger partial charge in [0.2, 0.25) is 5.88 Å². The van der Waals surface area contributed by atoms with Crippen LogP contribution in [0.25, 0.3) is 0 Å². The van der Waals surface area contributed by atoms with E-state index in [9.17, 15) is 18.4 Å². The SMILES string of the molecule is CN(C)CCCNC(=O)Nc1snc(OCC2C(F)=CC=CC2(C)F)c1C(N)=O. The number of hydrogen-bond acceptors (Lipinski definition) is 6. The van der Waals surface area contributed by atoms with Gasteiger partial charge < -0.3 is 20.7 Å². The van der Waals surface area contributed by atoms with E-state index < -0.39 is 29.4 Å². The predicted molar refractivity (Wildman–Crippen MR) is 108 cm³/mol. The minimum absolute atomic E-state index is 0.0974. The van der Waals surface area contributed by atoms with Gasteiger partial charge in [-0.2, -0.15) is 4.37 Å². The normalized spacial score (nSPS) is 21.0. The Morgan fingerprint density at radius 1 is 1.45 bits per heavy atom. The summed E-state index contributed by atoms with van der Waals surface area (Å²) in [6, 6.07) is -0.524. The zero-order valence-electron chi connectivity index (χ0n) is 16.5. The molecule has 3 amide bonds. The zero-order valence-corrected chi connectivity index (χ0v) is 17.3. The average Bonchev–Trinajstić information content (AvgIpc) is 3.00. The molecule has 0 saturated carbocycles. The third kappa shape index (κ3) is 6.23. The minimum Gasteiger partial charge on any atom is -0.476 e. The number of rotatable bonds is 9. The summed E-state index contributed by atoms with van der Waals surface area (Å²) < 4.78 is 37.8. The fourth-order valence-electron chi connectivity index (χ4n) is 2.66. The van der Waals surface area contributed by atoms with Crippen molar-refractivity contribution in [2.24, 2.45) is 11.7 Å². The van der Waals surface area contributed by atoms with Crippen LogP contribution in [0, 0.1) is 5.92 Å². The summed E-state index contributed by atoms with van der Waals surface area (Å²) in [6.07, 6.45) is 4.42. The number of allylic oxidation sites excluding steroid dienone is 3. The van der Waals surface area contributed by atoms with E-state index in [2.05, 4.69) is 15.0 Å². The number of halogens is 2. The van der Waals surface area contributed by atoms with Crippen LogP contribution in [-0.4, -0.2) is 60.7 Å². The molecule has 11 heteroatoms. The largest absolute Gasteiger partial charge is 0.476 e. The summed E-state index contributed by atoms with van der Waals surface area (Å²) in [5.74, 6) is -2.92. The van der Waals surface area contributed by atoms with Crippen molar-refractivity contribution < 1.29 is 23.1 Å². The average molecular weight is 429 g/mol. The molecule has 0 radical (unpaired) electrons. The summed E-state index contributed by atoms with van der Waals surface area (Å²) in [5.41, 5.74) is 3.29. The lowest BCUT2D eigenvalue weighted by molar-refractivity contribution is 0.0981. The Morgan fingerprint density at radius 3 is 2.79 bits per heavy atom. The number of nitrogens with one attached hydrogen (secondary N) is 2. The van der Waals surface area contributed by atoms with Crippen molar-refractivity contribution in [3.63, 3.8) is 0 Å². The number of carbonyl (C=O) groups is 2. The quantitative estimate of drug-likeness (QED) is 0.523. The molecule has 8 nitrogen and oxygen atoms in total. The van der Waals surface area contributed by atoms with Gasteiger partial charge in [0.15, 0.2) is 0 Å². The lowest BCUT2D eigenvalue weighted by Gasteiger charge is -2.28. The van der Waals surface area contributed by atoms with Crippen molar-refractivity contribution in [1.29, 1.82) is 0 Å². The first-order valence-corrected chi connectivity index (χ1v) is 9.75. The van der Waals surface area contributed by atoms with E-state index in [-0.39, 0.29) is 23.1 Å². The first-order valence-electron chi connectivity index (χ1n) is 8.97. The molecule has 1 aromatic rings. The number of urea groups is 1. The highest BCUT2D eigenvalue weighted by Crippen LogP contribution is 2.36. The van der Waals surface area contributed by atoms with E-state index in [0.717, 1.165) is 30.6 Å². The highest BCUT2D eigenvalue weighted by atomic mass is 32.1. The Kier molecular flexibility index (Phi) is 7.68. The van der Waals surface area contributed by atoms with E-state index in [4.69, 9.17) is 10.5 Å². The molecule has 2 unspecified atom stereocenters. The van der Waals surface area contributed by atoms with Crippen LogP contribution in [0.5, 0.6) is 5.88 Å². The fraction of sp³-hybridized carbons (Fsp3) is 0.500. The topological polar surface area (TPSA) is 110 Å². The first kappa shape index (κ1) is 22.8. The molecule has 1 aromatic heterocycles. The summed E-state index contributed by atoms with van der Waals surface area (Å²) in [4.78, 5) is 25.8. The molecule has 1 heterocycles. The number of ether oxygens (including phenoxy) is 1. The molecule has 0 saturated heterocycles. The van der Waals surface area contributed by atoms with Gasteiger partial charge >= 0.3 is 6.03 Å². The van der Waals surface area contributed by atoms with E-state index >= 15 is 0 Å². The summed E-state index contributed by atoms with van der Waals surface area (Å²) in [7, 11) is 3.85. The molecule has 1 aliphatic carbocycles. The Balaban J connectivity index is 2.01. The molecule has 0 aliphatic heterocycles. The fourth-order valence-corrected chi connectivity index (χ4v) is 3.39. The van der Waals surface area contributed by atoms with Crippen LogP contribution >= 0.6 is 11.5 Å². The predicted octanol–water partition coefficient (Wildman–Crippen LogP) is 2.46. The van der Waals surface area contributed by atoms with Gasteiger partial charge in [-0.3, -0.25) is 10.1 Å². The van der Waals surface area contributed by atoms with Gasteiger partial charge in [0, 0.05) is 6.54 Å². The number of anilines is 1. The number of nitrogens with two attached hydrogens (primary N) is 1. The van der Waals surface area contributed by atoms with Crippen molar-refractivity contribution in [2.75, 3.05) is 39.1 Å². The Labute approximate surface area is 171 Å². The van der Waals surface area contributed by atoms with Gasteiger partial charge in [0.05, 0.1) is 5.92 Å². The minimum atomic E-state index is -1.95.